The Bertz CT molecular complexity index is 413. The summed E-state index contributed by atoms with van der Waals surface area (Å²) in [5, 5.41) is 9.11. The summed E-state index contributed by atoms with van der Waals surface area (Å²) in [6, 6.07) is 7.46. The van der Waals surface area contributed by atoms with Gasteiger partial charge in [-0.1, -0.05) is 18.2 Å². The molecule has 1 aliphatic heterocycles. The zero-order valence-corrected chi connectivity index (χ0v) is 11.3. The lowest BCUT2D eigenvalue weighted by Crippen LogP contribution is -2.23. The van der Waals surface area contributed by atoms with Crippen molar-refractivity contribution in [3.05, 3.63) is 29.8 Å². The lowest BCUT2D eigenvalue weighted by Gasteiger charge is -2.24. The van der Waals surface area contributed by atoms with Gasteiger partial charge >= 0.3 is 5.97 Å². The number of rotatable bonds is 4. The van der Waals surface area contributed by atoms with E-state index in [1.165, 1.54) is 0 Å². The molecule has 1 heterocycles. The van der Waals surface area contributed by atoms with Crippen LogP contribution in [0.5, 0.6) is 5.75 Å². The van der Waals surface area contributed by atoms with E-state index in [0.717, 1.165) is 35.7 Å². The fraction of sp³-hybridized carbons (Fsp3) is 0.500. The van der Waals surface area contributed by atoms with Crippen molar-refractivity contribution in [3.63, 3.8) is 0 Å². The van der Waals surface area contributed by atoms with Gasteiger partial charge in [0.1, 0.15) is 11.9 Å². The molecule has 0 spiro atoms. The van der Waals surface area contributed by atoms with Crippen LogP contribution in [0, 0.1) is 0 Å². The molecule has 1 aromatic rings. The lowest BCUT2D eigenvalue weighted by atomic mass is 10.0. The Balaban J connectivity index is 2.13. The van der Waals surface area contributed by atoms with Gasteiger partial charge in [0, 0.05) is 5.56 Å². The van der Waals surface area contributed by atoms with Crippen molar-refractivity contribution in [2.75, 3.05) is 11.5 Å². The third-order valence-corrected chi connectivity index (χ3v) is 4.27. The minimum Gasteiger partial charge on any atom is -0.490 e. The molecule has 4 heteroatoms. The Labute approximate surface area is 112 Å². The highest BCUT2D eigenvalue weighted by molar-refractivity contribution is 7.99. The quantitative estimate of drug-likeness (QED) is 0.909. The molecular weight excluding hydrogens is 248 g/mol. The monoisotopic (exact) mass is 266 g/mol. The summed E-state index contributed by atoms with van der Waals surface area (Å²) in [7, 11) is 0. The highest BCUT2D eigenvalue weighted by atomic mass is 32.2. The standard InChI is InChI=1S/C14H18O3S/c1-10(14(15)16)12-4-2-3-5-13(12)17-11-6-8-18-9-7-11/h2-5,10-11H,6-9H2,1H3,(H,15,16). The van der Waals surface area contributed by atoms with Gasteiger partial charge in [0.15, 0.2) is 0 Å². The number of hydrogen-bond acceptors (Lipinski definition) is 3. The van der Waals surface area contributed by atoms with Gasteiger partial charge in [-0.25, -0.2) is 0 Å². The van der Waals surface area contributed by atoms with Gasteiger partial charge in [0.25, 0.3) is 0 Å². The molecule has 1 aliphatic rings. The molecule has 0 saturated carbocycles. The Kier molecular flexibility index (Phi) is 4.53. The van der Waals surface area contributed by atoms with Crippen LogP contribution in [0.1, 0.15) is 31.2 Å². The van der Waals surface area contributed by atoms with E-state index in [9.17, 15) is 4.79 Å². The first-order chi connectivity index (χ1) is 8.68. The minimum absolute atomic E-state index is 0.230. The van der Waals surface area contributed by atoms with Gasteiger partial charge < -0.3 is 9.84 Å². The molecule has 0 bridgehead atoms. The molecule has 1 aromatic carbocycles. The fourth-order valence-corrected chi connectivity index (χ4v) is 3.12. The molecule has 0 radical (unpaired) electrons. The van der Waals surface area contributed by atoms with Crippen molar-refractivity contribution >= 4 is 17.7 Å². The van der Waals surface area contributed by atoms with Crippen LogP contribution in [0.3, 0.4) is 0 Å². The molecule has 0 aromatic heterocycles. The van der Waals surface area contributed by atoms with Crippen LogP contribution in [0.15, 0.2) is 24.3 Å². The van der Waals surface area contributed by atoms with Crippen LogP contribution in [-0.4, -0.2) is 28.7 Å². The van der Waals surface area contributed by atoms with E-state index in [0.29, 0.717) is 0 Å². The topological polar surface area (TPSA) is 46.5 Å². The number of thioether (sulfide) groups is 1. The fourth-order valence-electron chi connectivity index (χ4n) is 2.05. The first-order valence-electron chi connectivity index (χ1n) is 6.24. The molecule has 1 unspecified atom stereocenters. The lowest BCUT2D eigenvalue weighted by molar-refractivity contribution is -0.138. The Morgan fingerprint density at radius 3 is 2.72 bits per heavy atom. The number of ether oxygens (including phenoxy) is 1. The number of carboxylic acids is 1. The minimum atomic E-state index is -0.815. The summed E-state index contributed by atoms with van der Waals surface area (Å²) in [6.45, 7) is 1.70. The summed E-state index contributed by atoms with van der Waals surface area (Å²) >= 11 is 1.95. The number of benzene rings is 1. The normalized spacial score (nSPS) is 18.3. The summed E-state index contributed by atoms with van der Waals surface area (Å²) in [4.78, 5) is 11.1. The molecule has 1 N–H and O–H groups in total. The Morgan fingerprint density at radius 2 is 2.06 bits per heavy atom. The van der Waals surface area contributed by atoms with E-state index >= 15 is 0 Å². The second kappa shape index (κ2) is 6.14. The smallest absolute Gasteiger partial charge is 0.310 e. The summed E-state index contributed by atoms with van der Waals surface area (Å²) in [5.74, 6) is 1.64. The predicted octanol–water partition coefficient (Wildman–Crippen LogP) is 3.15. The maximum absolute atomic E-state index is 11.1. The van der Waals surface area contributed by atoms with Crippen LogP contribution >= 0.6 is 11.8 Å². The molecular formula is C14H18O3S. The SMILES string of the molecule is CC(C(=O)O)c1ccccc1OC1CCSCC1. The third kappa shape index (κ3) is 3.19. The third-order valence-electron chi connectivity index (χ3n) is 3.22. The van der Waals surface area contributed by atoms with Gasteiger partial charge in [0.05, 0.1) is 5.92 Å². The molecule has 0 aliphatic carbocycles. The van der Waals surface area contributed by atoms with Gasteiger partial charge in [-0.2, -0.15) is 11.8 Å². The number of carbonyl (C=O) groups is 1. The van der Waals surface area contributed by atoms with Crippen LogP contribution < -0.4 is 4.74 Å². The van der Waals surface area contributed by atoms with Crippen molar-refractivity contribution < 1.29 is 14.6 Å². The van der Waals surface area contributed by atoms with Gasteiger partial charge in [-0.15, -0.1) is 0 Å². The Morgan fingerprint density at radius 1 is 1.39 bits per heavy atom. The van der Waals surface area contributed by atoms with Gasteiger partial charge in [0.2, 0.25) is 0 Å². The number of carboxylic acid groups (broad SMARTS) is 1. The highest BCUT2D eigenvalue weighted by Gasteiger charge is 2.21. The first kappa shape index (κ1) is 13.3. The second-order valence-corrected chi connectivity index (χ2v) is 5.75. The van der Waals surface area contributed by atoms with E-state index in [-0.39, 0.29) is 6.10 Å². The molecule has 1 fully saturated rings. The van der Waals surface area contributed by atoms with E-state index in [1.54, 1.807) is 6.92 Å². The molecule has 3 nitrogen and oxygen atoms in total. The van der Waals surface area contributed by atoms with Crippen LogP contribution in [-0.2, 0) is 4.79 Å². The second-order valence-electron chi connectivity index (χ2n) is 4.53. The van der Waals surface area contributed by atoms with Crippen molar-refractivity contribution in [3.8, 4) is 5.75 Å². The van der Waals surface area contributed by atoms with Crippen molar-refractivity contribution in [1.29, 1.82) is 0 Å². The zero-order valence-electron chi connectivity index (χ0n) is 10.5. The number of hydrogen-bond donors (Lipinski definition) is 1. The predicted molar refractivity (Wildman–Crippen MR) is 73.5 cm³/mol. The van der Waals surface area contributed by atoms with E-state index in [4.69, 9.17) is 9.84 Å². The number of para-hydroxylation sites is 1. The molecule has 2 rings (SSSR count). The van der Waals surface area contributed by atoms with E-state index < -0.39 is 11.9 Å². The molecule has 1 atom stereocenters. The summed E-state index contributed by atoms with van der Waals surface area (Å²) in [6.07, 6.45) is 2.31. The average Bonchev–Trinajstić information content (AvgIpc) is 2.39. The molecule has 98 valence electrons. The van der Waals surface area contributed by atoms with Crippen molar-refractivity contribution in [2.45, 2.75) is 31.8 Å². The molecule has 0 amide bonds. The van der Waals surface area contributed by atoms with Gasteiger partial charge in [-0.05, 0) is 37.3 Å². The average molecular weight is 266 g/mol. The van der Waals surface area contributed by atoms with E-state index in [2.05, 4.69) is 0 Å². The van der Waals surface area contributed by atoms with Crippen molar-refractivity contribution in [2.24, 2.45) is 0 Å². The maximum atomic E-state index is 11.1. The number of aliphatic carboxylic acids is 1. The summed E-state index contributed by atoms with van der Waals surface area (Å²) < 4.78 is 5.98. The van der Waals surface area contributed by atoms with Crippen molar-refractivity contribution in [1.82, 2.24) is 0 Å². The van der Waals surface area contributed by atoms with E-state index in [1.807, 2.05) is 36.0 Å². The van der Waals surface area contributed by atoms with Crippen LogP contribution in [0.4, 0.5) is 0 Å². The van der Waals surface area contributed by atoms with Crippen LogP contribution in [0.25, 0.3) is 0 Å². The molecule has 1 saturated heterocycles. The largest absolute Gasteiger partial charge is 0.490 e. The Hall–Kier alpha value is -1.16. The zero-order chi connectivity index (χ0) is 13.0. The van der Waals surface area contributed by atoms with Crippen LogP contribution in [0.2, 0.25) is 0 Å². The van der Waals surface area contributed by atoms with Gasteiger partial charge in [-0.3, -0.25) is 4.79 Å². The molecule has 18 heavy (non-hydrogen) atoms. The highest BCUT2D eigenvalue weighted by Crippen LogP contribution is 2.30. The first-order valence-corrected chi connectivity index (χ1v) is 7.40. The summed E-state index contributed by atoms with van der Waals surface area (Å²) in [5.41, 5.74) is 0.767. The maximum Gasteiger partial charge on any atom is 0.310 e.